The first-order valence-corrected chi connectivity index (χ1v) is 16.4. The van der Waals surface area contributed by atoms with E-state index >= 15 is 0 Å². The van der Waals surface area contributed by atoms with Crippen LogP contribution in [0.1, 0.15) is 17.7 Å². The Balaban J connectivity index is 1.24. The first kappa shape index (κ1) is 24.3. The molecule has 0 saturated carbocycles. The predicted molar refractivity (Wildman–Crippen MR) is 193 cm³/mol. The SMILES string of the molecule is C1=Cc2c(n(-c3cc4c5c(c3)Oc3ccccc3B5c3ccccc3O4)c3c2cc2c4ccccc4n4c5ccccc5c3c24)CC1. The van der Waals surface area contributed by atoms with Gasteiger partial charge in [-0.05, 0) is 54.1 Å². The molecule has 1 aliphatic carbocycles. The molecule has 5 heteroatoms. The number of nitrogens with zero attached hydrogens (tertiary/aromatic N) is 2. The van der Waals surface area contributed by atoms with E-state index in [-0.39, 0.29) is 6.71 Å². The Morgan fingerprint density at radius 2 is 1.21 bits per heavy atom. The zero-order valence-corrected chi connectivity index (χ0v) is 25.3. The molecule has 0 saturated heterocycles. The van der Waals surface area contributed by atoms with Gasteiger partial charge >= 0.3 is 0 Å². The number of hydrogen-bond donors (Lipinski definition) is 0. The molecule has 0 bridgehead atoms. The highest BCUT2D eigenvalue weighted by molar-refractivity contribution is 6.98. The summed E-state index contributed by atoms with van der Waals surface area (Å²) in [5.41, 5.74) is 12.2. The van der Waals surface area contributed by atoms with Crippen molar-refractivity contribution in [1.82, 2.24) is 8.97 Å². The second-order valence-corrected chi connectivity index (χ2v) is 13.1. The fourth-order valence-electron chi connectivity index (χ4n) is 9.00. The van der Waals surface area contributed by atoms with Crippen LogP contribution in [0.5, 0.6) is 23.0 Å². The lowest BCUT2D eigenvalue weighted by Gasteiger charge is -2.33. The summed E-state index contributed by atoms with van der Waals surface area (Å²) < 4.78 is 18.5. The summed E-state index contributed by atoms with van der Waals surface area (Å²) in [6, 6.07) is 41.6. The smallest absolute Gasteiger partial charge is 0.260 e. The summed E-state index contributed by atoms with van der Waals surface area (Å²) in [7, 11) is 0. The van der Waals surface area contributed by atoms with Crippen LogP contribution in [0.25, 0.3) is 60.8 Å². The quantitative estimate of drug-likeness (QED) is 0.177. The molecule has 3 aromatic heterocycles. The molecule has 0 N–H and O–H groups in total. The van der Waals surface area contributed by atoms with Crippen LogP contribution in [0.3, 0.4) is 0 Å². The van der Waals surface area contributed by atoms with Crippen molar-refractivity contribution in [2.45, 2.75) is 12.8 Å². The molecule has 47 heavy (non-hydrogen) atoms. The molecule has 0 spiro atoms. The Morgan fingerprint density at radius 3 is 1.96 bits per heavy atom. The van der Waals surface area contributed by atoms with E-state index in [1.54, 1.807) is 0 Å². The average Bonchev–Trinajstić information content (AvgIpc) is 3.76. The van der Waals surface area contributed by atoms with Crippen LogP contribution in [0.2, 0.25) is 0 Å². The minimum Gasteiger partial charge on any atom is -0.458 e. The topological polar surface area (TPSA) is 27.8 Å². The van der Waals surface area contributed by atoms with E-state index in [1.807, 2.05) is 0 Å². The molecular weight excluding hydrogens is 575 g/mol. The summed E-state index contributed by atoms with van der Waals surface area (Å²) in [5.74, 6) is 3.55. The number of allylic oxidation sites excluding steroid dienone is 1. The molecule has 0 unspecified atom stereocenters. The number of ether oxygens (including phenoxy) is 2. The van der Waals surface area contributed by atoms with Gasteiger partial charge in [-0.3, -0.25) is 0 Å². The van der Waals surface area contributed by atoms with E-state index in [1.165, 1.54) is 71.2 Å². The third-order valence-corrected chi connectivity index (χ3v) is 10.8. The summed E-state index contributed by atoms with van der Waals surface area (Å²) in [5, 5.41) is 6.47. The van der Waals surface area contributed by atoms with Crippen molar-refractivity contribution >= 4 is 78.2 Å². The molecule has 6 aromatic carbocycles. The van der Waals surface area contributed by atoms with Crippen molar-refractivity contribution < 1.29 is 9.47 Å². The van der Waals surface area contributed by atoms with Gasteiger partial charge in [-0.25, -0.2) is 0 Å². The molecule has 9 aromatic rings. The molecule has 2 aliphatic heterocycles. The predicted octanol–water partition coefficient (Wildman–Crippen LogP) is 8.47. The van der Waals surface area contributed by atoms with Crippen molar-refractivity contribution in [2.75, 3.05) is 0 Å². The zero-order valence-electron chi connectivity index (χ0n) is 25.3. The van der Waals surface area contributed by atoms with Crippen molar-refractivity contribution in [1.29, 1.82) is 0 Å². The maximum absolute atomic E-state index is 6.76. The van der Waals surface area contributed by atoms with Crippen molar-refractivity contribution in [3.8, 4) is 28.7 Å². The molecule has 4 nitrogen and oxygen atoms in total. The van der Waals surface area contributed by atoms with Crippen LogP contribution < -0.4 is 25.9 Å². The molecular formula is C42H25BN2O2. The lowest BCUT2D eigenvalue weighted by Crippen LogP contribution is -2.57. The maximum atomic E-state index is 6.76. The molecule has 0 atom stereocenters. The molecule has 0 amide bonds. The van der Waals surface area contributed by atoms with Gasteiger partial charge in [0.15, 0.2) is 0 Å². The summed E-state index contributed by atoms with van der Waals surface area (Å²) in [6.07, 6.45) is 6.65. The first-order chi connectivity index (χ1) is 23.3. The maximum Gasteiger partial charge on any atom is 0.260 e. The van der Waals surface area contributed by atoms with Crippen molar-refractivity contribution in [2.24, 2.45) is 0 Å². The lowest BCUT2D eigenvalue weighted by molar-refractivity contribution is 0.464. The highest BCUT2D eigenvalue weighted by Crippen LogP contribution is 2.47. The molecule has 12 rings (SSSR count). The van der Waals surface area contributed by atoms with Gasteiger partial charge in [0.05, 0.1) is 27.8 Å². The first-order valence-electron chi connectivity index (χ1n) is 16.4. The minimum absolute atomic E-state index is 0.0575. The van der Waals surface area contributed by atoms with Crippen molar-refractivity contribution in [3.05, 3.63) is 133 Å². The van der Waals surface area contributed by atoms with Gasteiger partial charge in [0, 0.05) is 55.8 Å². The third kappa shape index (κ3) is 2.92. The van der Waals surface area contributed by atoms with Gasteiger partial charge in [-0.2, -0.15) is 0 Å². The Hall–Kier alpha value is -5.94. The van der Waals surface area contributed by atoms with Crippen LogP contribution >= 0.6 is 0 Å². The molecule has 0 radical (unpaired) electrons. The summed E-state index contributed by atoms with van der Waals surface area (Å²) in [6.45, 7) is 0.0575. The Morgan fingerprint density at radius 1 is 0.574 bits per heavy atom. The molecule has 0 fully saturated rings. The van der Waals surface area contributed by atoms with E-state index in [9.17, 15) is 0 Å². The van der Waals surface area contributed by atoms with Gasteiger partial charge < -0.3 is 18.4 Å². The number of fused-ring (bicyclic) bond motifs is 14. The Kier molecular flexibility index (Phi) is 4.37. The normalized spacial score (nSPS) is 14.4. The van der Waals surface area contributed by atoms with Gasteiger partial charge in [0.1, 0.15) is 23.0 Å². The Labute approximate surface area is 270 Å². The van der Waals surface area contributed by atoms with E-state index in [4.69, 9.17) is 9.47 Å². The van der Waals surface area contributed by atoms with Gasteiger partial charge in [-0.1, -0.05) is 84.9 Å². The van der Waals surface area contributed by atoms with E-state index < -0.39 is 0 Å². The molecule has 218 valence electrons. The molecule has 3 aliphatic rings. The van der Waals surface area contributed by atoms with Crippen LogP contribution in [0.15, 0.2) is 121 Å². The Bertz CT molecular complexity index is 2800. The fourth-order valence-corrected chi connectivity index (χ4v) is 9.00. The van der Waals surface area contributed by atoms with E-state index in [0.29, 0.717) is 0 Å². The number of para-hydroxylation sites is 4. The third-order valence-electron chi connectivity index (χ3n) is 10.8. The lowest BCUT2D eigenvalue weighted by atomic mass is 9.35. The van der Waals surface area contributed by atoms with Crippen LogP contribution in [0, 0.1) is 0 Å². The number of hydrogen-bond acceptors (Lipinski definition) is 2. The minimum atomic E-state index is 0.0575. The molecule has 5 heterocycles. The largest absolute Gasteiger partial charge is 0.458 e. The van der Waals surface area contributed by atoms with E-state index in [0.717, 1.165) is 47.0 Å². The second kappa shape index (κ2) is 8.45. The van der Waals surface area contributed by atoms with Gasteiger partial charge in [0.2, 0.25) is 0 Å². The van der Waals surface area contributed by atoms with E-state index in [2.05, 4.69) is 136 Å². The zero-order chi connectivity index (χ0) is 30.4. The highest BCUT2D eigenvalue weighted by Gasteiger charge is 2.40. The van der Waals surface area contributed by atoms with Gasteiger partial charge in [0.25, 0.3) is 6.71 Å². The number of benzene rings is 6. The highest BCUT2D eigenvalue weighted by atomic mass is 16.5. The summed E-state index contributed by atoms with van der Waals surface area (Å²) in [4.78, 5) is 0. The van der Waals surface area contributed by atoms with Crippen LogP contribution in [0.4, 0.5) is 0 Å². The average molecular weight is 600 g/mol. The number of rotatable bonds is 1. The second-order valence-electron chi connectivity index (χ2n) is 13.1. The van der Waals surface area contributed by atoms with Crippen molar-refractivity contribution in [3.63, 3.8) is 0 Å². The van der Waals surface area contributed by atoms with Gasteiger partial charge in [-0.15, -0.1) is 0 Å². The fraction of sp³-hybridized carbons (Fsp3) is 0.0476. The number of aromatic nitrogens is 2. The summed E-state index contributed by atoms with van der Waals surface area (Å²) >= 11 is 0. The standard InChI is InChI=1S/C42H25BN2O2/c1-6-16-32-25(11-1)28-23-29-26-12-2-7-17-33(26)45-34-18-8-3-13-27(34)39(42(29)45)41(28)44(32)24-21-37-40-38(22-24)47-36-20-10-5-15-31(36)43(40)30-14-4-9-19-35(30)46-37/h1-5,7-15,17-23H,6,16H2. The monoisotopic (exact) mass is 600 g/mol. The van der Waals surface area contributed by atoms with Crippen LogP contribution in [-0.4, -0.2) is 15.7 Å². The van der Waals surface area contributed by atoms with Crippen LogP contribution in [-0.2, 0) is 6.42 Å².